The van der Waals surface area contributed by atoms with Crippen LogP contribution in [0.1, 0.15) is 26.7 Å². The number of carbonyl (C=O) groups excluding carboxylic acids is 1. The molecule has 0 heterocycles. The van der Waals surface area contributed by atoms with Gasteiger partial charge < -0.3 is 0 Å². The van der Waals surface area contributed by atoms with Crippen LogP contribution >= 0.6 is 0 Å². The molecule has 106 valence electrons. The predicted molar refractivity (Wildman–Crippen MR) is 76.0 cm³/mol. The molecule has 0 aliphatic heterocycles. The lowest BCUT2D eigenvalue weighted by Crippen LogP contribution is -2.45. The average molecular weight is 284 g/mol. The number of sulfonamides is 1. The molecular formula is C13H20N2O3S. The molecule has 1 aromatic carbocycles. The van der Waals surface area contributed by atoms with Gasteiger partial charge in [0.25, 0.3) is 0 Å². The van der Waals surface area contributed by atoms with Crippen molar-refractivity contribution in [1.82, 2.24) is 5.43 Å². The van der Waals surface area contributed by atoms with Crippen LogP contribution in [-0.2, 0) is 14.8 Å². The van der Waals surface area contributed by atoms with Gasteiger partial charge in [-0.2, -0.15) is 4.41 Å². The molecule has 0 aliphatic rings. The molecule has 0 fully saturated rings. The quantitative estimate of drug-likeness (QED) is 0.812. The van der Waals surface area contributed by atoms with Gasteiger partial charge in [-0.15, -0.1) is 0 Å². The zero-order valence-corrected chi connectivity index (χ0v) is 12.3. The molecule has 0 unspecified atom stereocenters. The Bertz CT molecular complexity index is 512. The topological polar surface area (TPSA) is 66.5 Å². The van der Waals surface area contributed by atoms with Crippen LogP contribution in [0.15, 0.2) is 30.3 Å². The van der Waals surface area contributed by atoms with E-state index in [0.717, 1.165) is 17.1 Å². The van der Waals surface area contributed by atoms with E-state index in [0.29, 0.717) is 18.0 Å². The van der Waals surface area contributed by atoms with Gasteiger partial charge in [0, 0.05) is 6.42 Å². The van der Waals surface area contributed by atoms with E-state index < -0.39 is 10.0 Å². The van der Waals surface area contributed by atoms with Gasteiger partial charge in [0.15, 0.2) is 0 Å². The first-order valence-electron chi connectivity index (χ1n) is 6.15. The van der Waals surface area contributed by atoms with E-state index in [1.807, 2.05) is 13.8 Å². The van der Waals surface area contributed by atoms with Crippen LogP contribution in [0.5, 0.6) is 0 Å². The maximum Gasteiger partial charge on any atom is 0.249 e. The van der Waals surface area contributed by atoms with E-state index in [1.54, 1.807) is 30.3 Å². The maximum absolute atomic E-state index is 11.8. The third-order valence-corrected chi connectivity index (χ3v) is 3.46. The second kappa shape index (κ2) is 6.56. The molecule has 0 spiro atoms. The van der Waals surface area contributed by atoms with Crippen LogP contribution in [0.3, 0.4) is 0 Å². The van der Waals surface area contributed by atoms with Gasteiger partial charge in [-0.05, 0) is 24.5 Å². The van der Waals surface area contributed by atoms with Crippen molar-refractivity contribution >= 4 is 21.6 Å². The molecule has 1 N–H and O–H groups in total. The molecule has 0 aromatic heterocycles. The number of amides is 1. The summed E-state index contributed by atoms with van der Waals surface area (Å²) in [5, 5.41) is 0. The van der Waals surface area contributed by atoms with Crippen LogP contribution in [-0.4, -0.2) is 20.6 Å². The number of hydrogen-bond acceptors (Lipinski definition) is 3. The molecule has 1 rings (SSSR count). The highest BCUT2D eigenvalue weighted by atomic mass is 32.2. The van der Waals surface area contributed by atoms with Crippen LogP contribution in [0.2, 0.25) is 0 Å². The summed E-state index contributed by atoms with van der Waals surface area (Å²) in [6.45, 7) is 4.03. The lowest BCUT2D eigenvalue weighted by molar-refractivity contribution is -0.121. The first-order valence-corrected chi connectivity index (χ1v) is 8.00. The fourth-order valence-electron chi connectivity index (χ4n) is 1.49. The van der Waals surface area contributed by atoms with Gasteiger partial charge in [0.2, 0.25) is 15.9 Å². The van der Waals surface area contributed by atoms with Crippen molar-refractivity contribution < 1.29 is 13.2 Å². The summed E-state index contributed by atoms with van der Waals surface area (Å²) < 4.78 is 24.3. The normalized spacial score (nSPS) is 11.4. The Kier molecular flexibility index (Phi) is 5.35. The number of anilines is 1. The summed E-state index contributed by atoms with van der Waals surface area (Å²) in [7, 11) is -3.55. The standard InChI is InChI=1S/C13H20N2O3S/c1-11(2)9-10-13(16)14-15(19(3,17)18)12-7-5-4-6-8-12/h4-8,11H,9-10H2,1-3H3,(H,14,16). The van der Waals surface area contributed by atoms with Crippen molar-refractivity contribution in [1.29, 1.82) is 0 Å². The number of nitrogens with zero attached hydrogens (tertiary/aromatic N) is 1. The molecular weight excluding hydrogens is 264 g/mol. The number of para-hydroxylation sites is 1. The molecule has 0 radical (unpaired) electrons. The molecule has 0 atom stereocenters. The summed E-state index contributed by atoms with van der Waals surface area (Å²) in [5.41, 5.74) is 2.85. The number of benzene rings is 1. The van der Waals surface area contributed by atoms with Gasteiger partial charge in [0.1, 0.15) is 0 Å². The van der Waals surface area contributed by atoms with E-state index in [1.165, 1.54) is 0 Å². The first kappa shape index (κ1) is 15.5. The average Bonchev–Trinajstić information content (AvgIpc) is 2.33. The zero-order chi connectivity index (χ0) is 14.5. The predicted octanol–water partition coefficient (Wildman–Crippen LogP) is 1.92. The van der Waals surface area contributed by atoms with E-state index in [2.05, 4.69) is 5.43 Å². The fourth-order valence-corrected chi connectivity index (χ4v) is 2.26. The van der Waals surface area contributed by atoms with Crippen molar-refractivity contribution in [2.24, 2.45) is 5.92 Å². The maximum atomic E-state index is 11.8. The van der Waals surface area contributed by atoms with Crippen molar-refractivity contribution in [3.05, 3.63) is 30.3 Å². The van der Waals surface area contributed by atoms with Gasteiger partial charge in [0.05, 0.1) is 11.9 Å². The molecule has 0 saturated carbocycles. The van der Waals surface area contributed by atoms with Gasteiger partial charge in [-0.3, -0.25) is 10.2 Å². The molecule has 0 bridgehead atoms. The minimum absolute atomic E-state index is 0.302. The third-order valence-electron chi connectivity index (χ3n) is 2.50. The number of carbonyl (C=O) groups is 1. The third kappa shape index (κ3) is 5.30. The molecule has 5 nitrogen and oxygen atoms in total. The summed E-state index contributed by atoms with van der Waals surface area (Å²) in [6.07, 6.45) is 2.08. The van der Waals surface area contributed by atoms with Gasteiger partial charge in [-0.1, -0.05) is 32.0 Å². The summed E-state index contributed by atoms with van der Waals surface area (Å²) in [5.74, 6) is 0.0946. The Morgan fingerprint density at radius 1 is 1.26 bits per heavy atom. The summed E-state index contributed by atoms with van der Waals surface area (Å²) in [4.78, 5) is 11.8. The largest absolute Gasteiger partial charge is 0.273 e. The molecule has 19 heavy (non-hydrogen) atoms. The molecule has 0 aliphatic carbocycles. The van der Waals surface area contributed by atoms with Crippen molar-refractivity contribution in [3.8, 4) is 0 Å². The number of rotatable bonds is 6. The summed E-state index contributed by atoms with van der Waals surface area (Å²) >= 11 is 0. The first-order chi connectivity index (χ1) is 8.80. The van der Waals surface area contributed by atoms with E-state index >= 15 is 0 Å². The Balaban J connectivity index is 2.81. The van der Waals surface area contributed by atoms with Gasteiger partial charge >= 0.3 is 0 Å². The highest BCUT2D eigenvalue weighted by Gasteiger charge is 2.19. The fraction of sp³-hybridized carbons (Fsp3) is 0.462. The Morgan fingerprint density at radius 2 is 1.84 bits per heavy atom. The minimum Gasteiger partial charge on any atom is -0.273 e. The van der Waals surface area contributed by atoms with E-state index in [-0.39, 0.29) is 5.91 Å². The van der Waals surface area contributed by atoms with E-state index in [4.69, 9.17) is 0 Å². The summed E-state index contributed by atoms with van der Waals surface area (Å²) in [6, 6.07) is 8.47. The van der Waals surface area contributed by atoms with Crippen molar-refractivity contribution in [3.63, 3.8) is 0 Å². The Morgan fingerprint density at radius 3 is 2.32 bits per heavy atom. The SMILES string of the molecule is CC(C)CCC(=O)NN(c1ccccc1)S(C)(=O)=O. The Hall–Kier alpha value is -1.56. The van der Waals surface area contributed by atoms with Crippen LogP contribution < -0.4 is 9.84 Å². The van der Waals surface area contributed by atoms with Crippen LogP contribution in [0.25, 0.3) is 0 Å². The lowest BCUT2D eigenvalue weighted by atomic mass is 10.1. The lowest BCUT2D eigenvalue weighted by Gasteiger charge is -2.22. The van der Waals surface area contributed by atoms with Crippen molar-refractivity contribution in [2.45, 2.75) is 26.7 Å². The van der Waals surface area contributed by atoms with Crippen LogP contribution in [0.4, 0.5) is 5.69 Å². The zero-order valence-electron chi connectivity index (χ0n) is 11.5. The number of nitrogens with one attached hydrogen (secondary N) is 1. The second-order valence-corrected chi connectivity index (χ2v) is 6.66. The molecule has 1 aromatic rings. The number of hydrazine groups is 1. The van der Waals surface area contributed by atoms with Gasteiger partial charge in [-0.25, -0.2) is 8.42 Å². The van der Waals surface area contributed by atoms with E-state index in [9.17, 15) is 13.2 Å². The number of hydrogen-bond donors (Lipinski definition) is 1. The second-order valence-electron chi connectivity index (χ2n) is 4.83. The van der Waals surface area contributed by atoms with Crippen molar-refractivity contribution in [2.75, 3.05) is 10.7 Å². The highest BCUT2D eigenvalue weighted by molar-refractivity contribution is 7.92. The molecule has 0 saturated heterocycles. The molecule has 1 amide bonds. The highest BCUT2D eigenvalue weighted by Crippen LogP contribution is 2.14. The minimum atomic E-state index is -3.55. The van der Waals surface area contributed by atoms with Crippen LogP contribution in [0, 0.1) is 5.92 Å². The smallest absolute Gasteiger partial charge is 0.249 e. The molecule has 6 heteroatoms. The monoisotopic (exact) mass is 284 g/mol. The Labute approximate surface area is 114 Å².